The standard InChI is InChI=1S/C12H9ClN2O2/c13-10-4-3-8(12(16)17)6-11(10)15-9-2-1-5-14-7-9/h1-7,15H,(H,16,17). The van der Waals surface area contributed by atoms with Crippen molar-refractivity contribution in [2.45, 2.75) is 0 Å². The van der Waals surface area contributed by atoms with Crippen LogP contribution in [0.3, 0.4) is 0 Å². The second-order valence-electron chi connectivity index (χ2n) is 3.37. The molecule has 17 heavy (non-hydrogen) atoms. The van der Waals surface area contributed by atoms with E-state index >= 15 is 0 Å². The van der Waals surface area contributed by atoms with Crippen molar-refractivity contribution in [3.8, 4) is 0 Å². The number of aromatic carboxylic acids is 1. The van der Waals surface area contributed by atoms with E-state index in [9.17, 15) is 4.79 Å². The SMILES string of the molecule is O=C(O)c1ccc(Cl)c(Nc2cccnc2)c1. The van der Waals surface area contributed by atoms with Gasteiger partial charge in [-0.15, -0.1) is 0 Å². The summed E-state index contributed by atoms with van der Waals surface area (Å²) in [6.45, 7) is 0. The Morgan fingerprint density at radius 2 is 2.18 bits per heavy atom. The van der Waals surface area contributed by atoms with Crippen LogP contribution in [0, 0.1) is 0 Å². The van der Waals surface area contributed by atoms with Crippen molar-refractivity contribution >= 4 is 28.9 Å². The Bertz CT molecular complexity index is 543. The Labute approximate surface area is 103 Å². The van der Waals surface area contributed by atoms with Gasteiger partial charge in [0.2, 0.25) is 0 Å². The van der Waals surface area contributed by atoms with Gasteiger partial charge in [0.25, 0.3) is 0 Å². The normalized spacial score (nSPS) is 9.94. The van der Waals surface area contributed by atoms with Gasteiger partial charge in [0.05, 0.1) is 28.2 Å². The first-order chi connectivity index (χ1) is 8.16. The van der Waals surface area contributed by atoms with Crippen LogP contribution in [0.4, 0.5) is 11.4 Å². The fourth-order valence-electron chi connectivity index (χ4n) is 1.35. The number of aromatic nitrogens is 1. The highest BCUT2D eigenvalue weighted by atomic mass is 35.5. The van der Waals surface area contributed by atoms with E-state index in [2.05, 4.69) is 10.3 Å². The van der Waals surface area contributed by atoms with Gasteiger partial charge in [0.15, 0.2) is 0 Å². The number of benzene rings is 1. The maximum absolute atomic E-state index is 10.8. The zero-order valence-corrected chi connectivity index (χ0v) is 9.48. The summed E-state index contributed by atoms with van der Waals surface area (Å²) in [5.74, 6) is -0.990. The first-order valence-electron chi connectivity index (χ1n) is 4.87. The minimum atomic E-state index is -0.990. The highest BCUT2D eigenvalue weighted by molar-refractivity contribution is 6.33. The van der Waals surface area contributed by atoms with Gasteiger partial charge in [-0.25, -0.2) is 4.79 Å². The molecule has 1 aromatic carbocycles. The molecule has 86 valence electrons. The van der Waals surface area contributed by atoms with E-state index in [-0.39, 0.29) is 5.56 Å². The molecule has 0 fully saturated rings. The van der Waals surface area contributed by atoms with E-state index in [0.29, 0.717) is 10.7 Å². The predicted octanol–water partition coefficient (Wildman–Crippen LogP) is 3.18. The topological polar surface area (TPSA) is 62.2 Å². The molecular formula is C12H9ClN2O2. The second kappa shape index (κ2) is 4.84. The second-order valence-corrected chi connectivity index (χ2v) is 3.77. The lowest BCUT2D eigenvalue weighted by molar-refractivity contribution is 0.0697. The maximum atomic E-state index is 10.8. The van der Waals surface area contributed by atoms with Crippen LogP contribution in [0.2, 0.25) is 5.02 Å². The third-order valence-corrected chi connectivity index (χ3v) is 2.48. The Balaban J connectivity index is 2.32. The van der Waals surface area contributed by atoms with Crippen molar-refractivity contribution in [3.63, 3.8) is 0 Å². The number of carbonyl (C=O) groups is 1. The summed E-state index contributed by atoms with van der Waals surface area (Å²) in [5, 5.41) is 12.3. The van der Waals surface area contributed by atoms with Crippen LogP contribution in [0.5, 0.6) is 0 Å². The number of hydrogen-bond acceptors (Lipinski definition) is 3. The molecule has 0 spiro atoms. The molecule has 0 radical (unpaired) electrons. The summed E-state index contributed by atoms with van der Waals surface area (Å²) >= 11 is 5.97. The van der Waals surface area contributed by atoms with Crippen molar-refractivity contribution in [2.75, 3.05) is 5.32 Å². The van der Waals surface area contributed by atoms with E-state index in [4.69, 9.17) is 16.7 Å². The maximum Gasteiger partial charge on any atom is 0.335 e. The first-order valence-corrected chi connectivity index (χ1v) is 5.24. The van der Waals surface area contributed by atoms with Crippen LogP contribution in [-0.4, -0.2) is 16.1 Å². The summed E-state index contributed by atoms with van der Waals surface area (Å²) in [6, 6.07) is 8.08. The van der Waals surface area contributed by atoms with E-state index < -0.39 is 5.97 Å². The lowest BCUT2D eigenvalue weighted by atomic mass is 10.2. The minimum absolute atomic E-state index is 0.181. The number of rotatable bonds is 3. The van der Waals surface area contributed by atoms with Crippen LogP contribution in [0.1, 0.15) is 10.4 Å². The van der Waals surface area contributed by atoms with Gasteiger partial charge in [-0.1, -0.05) is 11.6 Å². The number of nitrogens with zero attached hydrogens (tertiary/aromatic N) is 1. The van der Waals surface area contributed by atoms with Gasteiger partial charge >= 0.3 is 5.97 Å². The number of hydrogen-bond donors (Lipinski definition) is 2. The molecule has 2 aromatic rings. The van der Waals surface area contributed by atoms with Crippen molar-refractivity contribution in [2.24, 2.45) is 0 Å². The molecule has 0 aliphatic heterocycles. The van der Waals surface area contributed by atoms with Gasteiger partial charge in [0, 0.05) is 6.20 Å². The van der Waals surface area contributed by atoms with E-state index in [0.717, 1.165) is 5.69 Å². The van der Waals surface area contributed by atoms with Gasteiger partial charge in [0.1, 0.15) is 0 Å². The number of carboxylic acid groups (broad SMARTS) is 1. The molecule has 5 heteroatoms. The number of pyridine rings is 1. The summed E-state index contributed by atoms with van der Waals surface area (Å²) < 4.78 is 0. The van der Waals surface area contributed by atoms with E-state index in [1.165, 1.54) is 12.1 Å². The van der Waals surface area contributed by atoms with Crippen molar-refractivity contribution in [1.82, 2.24) is 4.98 Å². The number of nitrogens with one attached hydrogen (secondary N) is 1. The van der Waals surface area contributed by atoms with E-state index in [1.54, 1.807) is 24.5 Å². The lowest BCUT2D eigenvalue weighted by Gasteiger charge is -2.08. The molecule has 0 atom stereocenters. The van der Waals surface area contributed by atoms with Gasteiger partial charge in [-0.2, -0.15) is 0 Å². The summed E-state index contributed by atoms with van der Waals surface area (Å²) in [4.78, 5) is 14.8. The Kier molecular flexibility index (Phi) is 3.25. The molecule has 2 N–H and O–H groups in total. The third-order valence-electron chi connectivity index (χ3n) is 2.15. The molecule has 2 rings (SSSR count). The van der Waals surface area contributed by atoms with Gasteiger partial charge < -0.3 is 10.4 Å². The fraction of sp³-hybridized carbons (Fsp3) is 0. The van der Waals surface area contributed by atoms with E-state index in [1.807, 2.05) is 6.07 Å². The van der Waals surface area contributed by atoms with Gasteiger partial charge in [-0.05, 0) is 30.3 Å². The Morgan fingerprint density at radius 1 is 1.35 bits per heavy atom. The molecular weight excluding hydrogens is 240 g/mol. The van der Waals surface area contributed by atoms with Gasteiger partial charge in [-0.3, -0.25) is 4.98 Å². The Morgan fingerprint density at radius 3 is 2.82 bits per heavy atom. The minimum Gasteiger partial charge on any atom is -0.478 e. The molecule has 0 unspecified atom stereocenters. The summed E-state index contributed by atoms with van der Waals surface area (Å²) in [5.41, 5.74) is 1.47. The molecule has 1 aromatic heterocycles. The molecule has 0 bridgehead atoms. The van der Waals surface area contributed by atoms with Crippen LogP contribution >= 0.6 is 11.6 Å². The predicted molar refractivity (Wildman–Crippen MR) is 65.9 cm³/mol. The fourth-order valence-corrected chi connectivity index (χ4v) is 1.51. The smallest absolute Gasteiger partial charge is 0.335 e. The van der Waals surface area contributed by atoms with Crippen LogP contribution < -0.4 is 5.32 Å². The molecule has 0 saturated carbocycles. The zero-order valence-electron chi connectivity index (χ0n) is 8.72. The molecule has 1 heterocycles. The third kappa shape index (κ3) is 2.73. The molecule has 4 nitrogen and oxygen atoms in total. The van der Waals surface area contributed by atoms with Crippen LogP contribution in [0.15, 0.2) is 42.7 Å². The zero-order chi connectivity index (χ0) is 12.3. The molecule has 0 aliphatic carbocycles. The molecule has 0 saturated heterocycles. The van der Waals surface area contributed by atoms with Crippen molar-refractivity contribution < 1.29 is 9.90 Å². The molecule has 0 amide bonds. The monoisotopic (exact) mass is 248 g/mol. The van der Waals surface area contributed by atoms with Crippen molar-refractivity contribution in [3.05, 3.63) is 53.3 Å². The average Bonchev–Trinajstić information content (AvgIpc) is 2.33. The van der Waals surface area contributed by atoms with Crippen molar-refractivity contribution in [1.29, 1.82) is 0 Å². The van der Waals surface area contributed by atoms with Crippen LogP contribution in [0.25, 0.3) is 0 Å². The Hall–Kier alpha value is -2.07. The average molecular weight is 249 g/mol. The number of halogens is 1. The summed E-state index contributed by atoms with van der Waals surface area (Å²) in [6.07, 6.45) is 3.28. The lowest BCUT2D eigenvalue weighted by Crippen LogP contribution is -1.98. The first kappa shape index (κ1) is 11.4. The highest BCUT2D eigenvalue weighted by Gasteiger charge is 2.07. The highest BCUT2D eigenvalue weighted by Crippen LogP contribution is 2.26. The number of carboxylic acids is 1. The molecule has 0 aliphatic rings. The quantitative estimate of drug-likeness (QED) is 0.876. The summed E-state index contributed by atoms with van der Waals surface area (Å²) in [7, 11) is 0. The van der Waals surface area contributed by atoms with Crippen LogP contribution in [-0.2, 0) is 0 Å². The largest absolute Gasteiger partial charge is 0.478 e. The number of anilines is 2.